The van der Waals surface area contributed by atoms with Gasteiger partial charge in [0.25, 0.3) is 0 Å². The second-order valence-corrected chi connectivity index (χ2v) is 15.6. The van der Waals surface area contributed by atoms with Crippen LogP contribution in [0.4, 0.5) is 0 Å². The van der Waals surface area contributed by atoms with Crippen molar-refractivity contribution in [2.45, 2.75) is 25.0 Å². The molecule has 0 saturated heterocycles. The Bertz CT molecular complexity index is 2850. The molecule has 2 aliphatic rings. The quantitative estimate of drug-likeness (QED) is 0.183. The molecule has 2 aliphatic heterocycles. The Morgan fingerprint density at radius 2 is 1.12 bits per heavy atom. The van der Waals surface area contributed by atoms with Crippen molar-refractivity contribution < 1.29 is 0 Å². The summed E-state index contributed by atoms with van der Waals surface area (Å²) in [7, 11) is 0. The second-order valence-electron chi connectivity index (χ2n) is 13.4. The molecule has 4 heteroatoms. The number of para-hydroxylation sites is 2. The number of pyridine rings is 1. The van der Waals surface area contributed by atoms with Crippen molar-refractivity contribution in [1.82, 2.24) is 9.55 Å². The van der Waals surface area contributed by atoms with E-state index in [1.807, 2.05) is 35.8 Å². The van der Waals surface area contributed by atoms with Crippen molar-refractivity contribution in [3.63, 3.8) is 0 Å². The van der Waals surface area contributed by atoms with Crippen LogP contribution in [0.2, 0.25) is 0 Å². The minimum atomic E-state index is -0.501. The van der Waals surface area contributed by atoms with Gasteiger partial charge in [-0.1, -0.05) is 145 Å². The van der Waals surface area contributed by atoms with Crippen LogP contribution in [0.3, 0.4) is 0 Å². The highest BCUT2D eigenvalue weighted by Gasteiger charge is 2.49. The molecule has 0 radical (unpaired) electrons. The molecule has 1 spiro atoms. The van der Waals surface area contributed by atoms with Gasteiger partial charge in [0.15, 0.2) is 0 Å². The van der Waals surface area contributed by atoms with Gasteiger partial charge in [-0.3, -0.25) is 4.98 Å². The summed E-state index contributed by atoms with van der Waals surface area (Å²) in [5, 5.41) is 2.54. The highest BCUT2D eigenvalue weighted by Crippen LogP contribution is 2.63. The lowest BCUT2D eigenvalue weighted by atomic mass is 9.64. The molecule has 11 rings (SSSR count). The molecule has 1 unspecified atom stereocenters. The molecule has 0 saturated carbocycles. The van der Waals surface area contributed by atoms with Gasteiger partial charge in [-0.15, -0.1) is 0 Å². The molecule has 0 fully saturated rings. The number of aromatic nitrogens is 2. The number of nitrogens with zero attached hydrogens (tertiary/aromatic N) is 2. The fourth-order valence-corrected chi connectivity index (χ4v) is 11.2. The van der Waals surface area contributed by atoms with Crippen LogP contribution in [0.5, 0.6) is 0 Å². The summed E-state index contributed by atoms with van der Waals surface area (Å²) in [4.78, 5) is 9.88. The highest BCUT2D eigenvalue weighted by atomic mass is 32.2. The second kappa shape index (κ2) is 11.6. The van der Waals surface area contributed by atoms with Crippen LogP contribution in [-0.4, -0.2) is 9.55 Å². The largest absolute Gasteiger partial charge is 0.309 e. The van der Waals surface area contributed by atoms with Gasteiger partial charge in [0.2, 0.25) is 0 Å². The minimum absolute atomic E-state index is 0.501. The third-order valence-electron chi connectivity index (χ3n) is 10.8. The summed E-state index contributed by atoms with van der Waals surface area (Å²) < 4.78 is 2.41. The zero-order valence-electron chi connectivity index (χ0n) is 28.0. The molecular weight excluding hydrogens is 669 g/mol. The molecule has 2 aromatic heterocycles. The predicted molar refractivity (Wildman–Crippen MR) is 216 cm³/mol. The summed E-state index contributed by atoms with van der Waals surface area (Å²) in [5.74, 6) is 0. The third kappa shape index (κ3) is 4.19. The van der Waals surface area contributed by atoms with Crippen LogP contribution in [-0.2, 0) is 5.41 Å². The van der Waals surface area contributed by atoms with Crippen LogP contribution >= 0.6 is 23.5 Å². The predicted octanol–water partition coefficient (Wildman–Crippen LogP) is 12.8. The maximum absolute atomic E-state index is 4.72. The fourth-order valence-electron chi connectivity index (χ4n) is 8.69. The van der Waals surface area contributed by atoms with Crippen molar-refractivity contribution >= 4 is 45.3 Å². The van der Waals surface area contributed by atoms with E-state index in [0.29, 0.717) is 0 Å². The molecule has 7 aromatic carbocycles. The van der Waals surface area contributed by atoms with Gasteiger partial charge < -0.3 is 4.57 Å². The molecular formula is C48H30N2S2. The van der Waals surface area contributed by atoms with Gasteiger partial charge in [0, 0.05) is 47.8 Å². The molecule has 9 aromatic rings. The van der Waals surface area contributed by atoms with E-state index in [1.165, 1.54) is 80.5 Å². The zero-order chi connectivity index (χ0) is 34.2. The van der Waals surface area contributed by atoms with Crippen molar-refractivity contribution in [3.05, 3.63) is 204 Å². The summed E-state index contributed by atoms with van der Waals surface area (Å²) in [6.07, 6.45) is 1.88. The Morgan fingerprint density at radius 1 is 0.462 bits per heavy atom. The molecule has 1 atom stereocenters. The molecule has 0 aliphatic carbocycles. The third-order valence-corrected chi connectivity index (χ3v) is 13.1. The lowest BCUT2D eigenvalue weighted by Gasteiger charge is -2.46. The van der Waals surface area contributed by atoms with Gasteiger partial charge in [0.05, 0.1) is 22.1 Å². The van der Waals surface area contributed by atoms with E-state index in [4.69, 9.17) is 4.98 Å². The summed E-state index contributed by atoms with van der Waals surface area (Å²) in [5.41, 5.74) is 13.1. The maximum Gasteiger partial charge on any atom is 0.0745 e. The SMILES string of the molecule is c1ccc(-n2c3ccccc3c3c(-c4cccc5c4Sc4ccccc4C54c5ccccc5Sc5cc(-c6ccccn6)ccc54)cccc32)cc1. The normalized spacial score (nSPS) is 15.6. The topological polar surface area (TPSA) is 17.8 Å². The van der Waals surface area contributed by atoms with Crippen LogP contribution in [0.25, 0.3) is 49.9 Å². The molecule has 0 bridgehead atoms. The Kier molecular flexibility index (Phi) is 6.67. The summed E-state index contributed by atoms with van der Waals surface area (Å²) in [6.45, 7) is 0. The Hall–Kier alpha value is -5.81. The van der Waals surface area contributed by atoms with E-state index in [1.54, 1.807) is 0 Å². The van der Waals surface area contributed by atoms with E-state index in [2.05, 4.69) is 174 Å². The maximum atomic E-state index is 4.72. The van der Waals surface area contributed by atoms with Gasteiger partial charge in [-0.05, 0) is 88.0 Å². The number of benzene rings is 7. The first-order valence-corrected chi connectivity index (χ1v) is 19.3. The molecule has 2 nitrogen and oxygen atoms in total. The smallest absolute Gasteiger partial charge is 0.0745 e. The standard InChI is InChI=1S/C48H30N2S2/c1-2-14-32(15-3-1)50-41-23-7-4-16-35(41)46-33(17-13-24-42(46)50)34-18-12-21-39-47(34)52-44-26-9-6-20-37(44)48(39)36-19-5-8-25-43(36)51-45-30-31(27-28-38(45)48)40-22-10-11-29-49-40/h1-30H. The first-order chi connectivity index (χ1) is 25.8. The van der Waals surface area contributed by atoms with Crippen molar-refractivity contribution in [2.75, 3.05) is 0 Å². The monoisotopic (exact) mass is 698 g/mol. The van der Waals surface area contributed by atoms with E-state index in [-0.39, 0.29) is 0 Å². The van der Waals surface area contributed by atoms with Gasteiger partial charge >= 0.3 is 0 Å². The Balaban J connectivity index is 1.23. The van der Waals surface area contributed by atoms with Crippen LogP contribution < -0.4 is 0 Å². The number of fused-ring (bicyclic) bond motifs is 11. The van der Waals surface area contributed by atoms with Crippen LogP contribution in [0, 0.1) is 0 Å². The summed E-state index contributed by atoms with van der Waals surface area (Å²) >= 11 is 3.79. The van der Waals surface area contributed by atoms with Crippen molar-refractivity contribution in [3.8, 4) is 28.1 Å². The van der Waals surface area contributed by atoms with Gasteiger partial charge in [-0.25, -0.2) is 0 Å². The van der Waals surface area contributed by atoms with Crippen molar-refractivity contribution in [2.24, 2.45) is 0 Å². The lowest BCUT2D eigenvalue weighted by Crippen LogP contribution is -2.36. The molecule has 0 N–H and O–H groups in total. The Labute approximate surface area is 310 Å². The highest BCUT2D eigenvalue weighted by molar-refractivity contribution is 8.00. The van der Waals surface area contributed by atoms with Gasteiger partial charge in [0.1, 0.15) is 0 Å². The summed E-state index contributed by atoms with van der Waals surface area (Å²) in [6, 6.07) is 64.7. The molecule has 4 heterocycles. The molecule has 52 heavy (non-hydrogen) atoms. The lowest BCUT2D eigenvalue weighted by molar-refractivity contribution is 0.668. The van der Waals surface area contributed by atoms with E-state index >= 15 is 0 Å². The number of rotatable bonds is 3. The number of hydrogen-bond acceptors (Lipinski definition) is 3. The number of hydrogen-bond donors (Lipinski definition) is 0. The zero-order valence-corrected chi connectivity index (χ0v) is 29.7. The minimum Gasteiger partial charge on any atom is -0.309 e. The first kappa shape index (κ1) is 29.9. The van der Waals surface area contributed by atoms with E-state index in [0.717, 1.165) is 11.3 Å². The Morgan fingerprint density at radius 3 is 1.94 bits per heavy atom. The fraction of sp³-hybridized carbons (Fsp3) is 0.0208. The average molecular weight is 699 g/mol. The average Bonchev–Trinajstić information content (AvgIpc) is 3.56. The van der Waals surface area contributed by atoms with Crippen molar-refractivity contribution in [1.29, 1.82) is 0 Å². The van der Waals surface area contributed by atoms with Crippen LogP contribution in [0.15, 0.2) is 202 Å². The van der Waals surface area contributed by atoms with Crippen LogP contribution in [0.1, 0.15) is 22.3 Å². The first-order valence-electron chi connectivity index (χ1n) is 17.6. The molecule has 0 amide bonds. The van der Waals surface area contributed by atoms with Gasteiger partial charge in [-0.2, -0.15) is 0 Å². The van der Waals surface area contributed by atoms with E-state index in [9.17, 15) is 0 Å². The van der Waals surface area contributed by atoms with E-state index < -0.39 is 5.41 Å². The molecule has 244 valence electrons.